The van der Waals surface area contributed by atoms with Gasteiger partial charge in [-0.05, 0) is 12.1 Å². The molecule has 9 heteroatoms. The monoisotopic (exact) mass is 294 g/mol. The molecule has 0 atom stereocenters. The van der Waals surface area contributed by atoms with Crippen molar-refractivity contribution in [2.45, 2.75) is 5.51 Å². The van der Waals surface area contributed by atoms with Crippen LogP contribution in [0.15, 0.2) is 18.2 Å². The number of halogens is 5. The van der Waals surface area contributed by atoms with Gasteiger partial charge in [0, 0.05) is 6.07 Å². The lowest BCUT2D eigenvalue weighted by Crippen LogP contribution is -2.28. The molecule has 0 aliphatic heterocycles. The maximum absolute atomic E-state index is 11.9. The van der Waals surface area contributed by atoms with E-state index in [0.29, 0.717) is 0 Å². The number of benzene rings is 1. The predicted molar refractivity (Wildman–Crippen MR) is 52.1 cm³/mol. The van der Waals surface area contributed by atoms with Gasteiger partial charge in [0.1, 0.15) is 5.75 Å². The third-order valence-electron chi connectivity index (χ3n) is 1.38. The minimum absolute atomic E-state index is 0.0680. The highest BCUT2D eigenvalue weighted by molar-refractivity contribution is 7.88. The van der Waals surface area contributed by atoms with E-state index in [2.05, 4.69) is 4.18 Å². The summed E-state index contributed by atoms with van der Waals surface area (Å²) in [5.74, 6) is -0.563. The summed E-state index contributed by atoms with van der Waals surface area (Å²) in [6.45, 7) is 0. The molecular weight excluding hydrogens is 292 g/mol. The first-order chi connectivity index (χ1) is 7.13. The largest absolute Gasteiger partial charge is 0.534 e. The molecule has 0 unspecified atom stereocenters. The van der Waals surface area contributed by atoms with Crippen LogP contribution in [0, 0.1) is 0 Å². The number of hydrogen-bond acceptors (Lipinski definition) is 3. The van der Waals surface area contributed by atoms with Gasteiger partial charge < -0.3 is 4.18 Å². The highest BCUT2D eigenvalue weighted by Crippen LogP contribution is 2.30. The molecule has 0 aliphatic carbocycles. The van der Waals surface area contributed by atoms with Gasteiger partial charge in [-0.25, -0.2) is 0 Å². The Morgan fingerprint density at radius 3 is 2.12 bits per heavy atom. The van der Waals surface area contributed by atoms with E-state index in [4.69, 9.17) is 23.2 Å². The first kappa shape index (κ1) is 13.4. The van der Waals surface area contributed by atoms with Crippen LogP contribution in [0.3, 0.4) is 0 Å². The molecule has 0 fully saturated rings. The molecule has 0 spiro atoms. The smallest absolute Gasteiger partial charge is 0.376 e. The summed E-state index contributed by atoms with van der Waals surface area (Å²) >= 11 is 11.0. The summed E-state index contributed by atoms with van der Waals surface area (Å²) in [6.07, 6.45) is 0. The Labute approximate surface area is 98.8 Å². The minimum Gasteiger partial charge on any atom is -0.376 e. The number of rotatable bonds is 2. The molecule has 90 valence electrons. The van der Waals surface area contributed by atoms with Crippen LogP contribution in [0.25, 0.3) is 0 Å². The lowest BCUT2D eigenvalue weighted by atomic mass is 10.3. The van der Waals surface area contributed by atoms with Crippen LogP contribution in [0.4, 0.5) is 13.2 Å². The van der Waals surface area contributed by atoms with Crippen LogP contribution in [-0.2, 0) is 10.1 Å². The Morgan fingerprint density at radius 1 is 1.12 bits per heavy atom. The molecule has 0 radical (unpaired) electrons. The van der Waals surface area contributed by atoms with E-state index < -0.39 is 21.4 Å². The van der Waals surface area contributed by atoms with Gasteiger partial charge in [0.2, 0.25) is 0 Å². The average molecular weight is 295 g/mol. The van der Waals surface area contributed by atoms with Gasteiger partial charge >= 0.3 is 15.6 Å². The first-order valence-electron chi connectivity index (χ1n) is 3.59. The summed E-state index contributed by atoms with van der Waals surface area (Å²) in [5, 5.41) is -0.0463. The Bertz CT molecular complexity index is 498. The summed E-state index contributed by atoms with van der Waals surface area (Å²) in [5.41, 5.74) is -5.49. The molecule has 0 aromatic heterocycles. The zero-order valence-electron chi connectivity index (χ0n) is 7.25. The maximum Gasteiger partial charge on any atom is 0.534 e. The molecule has 0 N–H and O–H groups in total. The van der Waals surface area contributed by atoms with Crippen molar-refractivity contribution in [1.82, 2.24) is 0 Å². The molecule has 3 nitrogen and oxygen atoms in total. The van der Waals surface area contributed by atoms with Crippen molar-refractivity contribution >= 4 is 33.3 Å². The first-order valence-corrected chi connectivity index (χ1v) is 5.76. The van der Waals surface area contributed by atoms with E-state index in [1.807, 2.05) is 0 Å². The van der Waals surface area contributed by atoms with Crippen LogP contribution in [0.2, 0.25) is 10.0 Å². The fourth-order valence-corrected chi connectivity index (χ4v) is 1.44. The summed E-state index contributed by atoms with van der Waals surface area (Å²) in [6, 6.07) is 2.94. The number of hydrogen-bond donors (Lipinski definition) is 0. The normalized spacial score (nSPS) is 12.6. The second kappa shape index (κ2) is 4.31. The van der Waals surface area contributed by atoms with Gasteiger partial charge in [-0.3, -0.25) is 0 Å². The van der Waals surface area contributed by atoms with E-state index in [0.717, 1.165) is 18.2 Å². The molecule has 0 aliphatic rings. The van der Waals surface area contributed by atoms with Crippen molar-refractivity contribution in [2.24, 2.45) is 0 Å². The van der Waals surface area contributed by atoms with Crippen LogP contribution in [-0.4, -0.2) is 13.9 Å². The van der Waals surface area contributed by atoms with Crippen LogP contribution >= 0.6 is 23.2 Å². The predicted octanol–water partition coefficient (Wildman–Crippen LogP) is 3.22. The molecule has 0 amide bonds. The van der Waals surface area contributed by atoms with Gasteiger partial charge in [0.15, 0.2) is 0 Å². The fraction of sp³-hybridized carbons (Fsp3) is 0.143. The maximum atomic E-state index is 11.9. The average Bonchev–Trinajstić information content (AvgIpc) is 2.09. The molecule has 16 heavy (non-hydrogen) atoms. The van der Waals surface area contributed by atoms with E-state index in [9.17, 15) is 21.6 Å². The minimum atomic E-state index is -5.68. The molecule has 1 rings (SSSR count). The van der Waals surface area contributed by atoms with Crippen molar-refractivity contribution in [1.29, 1.82) is 0 Å². The lowest BCUT2D eigenvalue weighted by Gasteiger charge is -2.09. The zero-order valence-corrected chi connectivity index (χ0v) is 9.58. The van der Waals surface area contributed by atoms with E-state index in [1.54, 1.807) is 0 Å². The summed E-state index contributed by atoms with van der Waals surface area (Å²) < 4.78 is 60.8. The van der Waals surface area contributed by atoms with Gasteiger partial charge in [-0.1, -0.05) is 23.2 Å². The molecular formula is C7H3Cl2F3O3S. The molecule has 0 bridgehead atoms. The quantitative estimate of drug-likeness (QED) is 0.621. The summed E-state index contributed by atoms with van der Waals surface area (Å²) in [7, 11) is -5.68. The molecule has 0 heterocycles. The Morgan fingerprint density at radius 2 is 1.69 bits per heavy atom. The van der Waals surface area contributed by atoms with Crippen molar-refractivity contribution in [3.63, 3.8) is 0 Å². The van der Waals surface area contributed by atoms with Gasteiger partial charge in [-0.15, -0.1) is 0 Å². The van der Waals surface area contributed by atoms with Crippen LogP contribution in [0.5, 0.6) is 5.75 Å². The molecule has 1 aromatic rings. The second-order valence-corrected chi connectivity index (χ2v) is 4.91. The van der Waals surface area contributed by atoms with Gasteiger partial charge in [-0.2, -0.15) is 21.6 Å². The highest BCUT2D eigenvalue weighted by atomic mass is 35.5. The molecule has 0 saturated carbocycles. The highest BCUT2D eigenvalue weighted by Gasteiger charge is 2.48. The van der Waals surface area contributed by atoms with Crippen molar-refractivity contribution in [3.8, 4) is 5.75 Å². The summed E-state index contributed by atoms with van der Waals surface area (Å²) in [4.78, 5) is 0. The Kier molecular flexibility index (Phi) is 3.61. The van der Waals surface area contributed by atoms with Crippen LogP contribution in [0.1, 0.15) is 0 Å². The third kappa shape index (κ3) is 2.93. The van der Waals surface area contributed by atoms with E-state index >= 15 is 0 Å². The van der Waals surface area contributed by atoms with E-state index in [1.165, 1.54) is 0 Å². The number of alkyl halides is 3. The molecule has 0 saturated heterocycles. The second-order valence-electron chi connectivity index (χ2n) is 2.56. The Hall–Kier alpha value is -0.660. The van der Waals surface area contributed by atoms with Crippen molar-refractivity contribution in [3.05, 3.63) is 28.2 Å². The van der Waals surface area contributed by atoms with Crippen molar-refractivity contribution < 1.29 is 25.8 Å². The fourth-order valence-electron chi connectivity index (χ4n) is 0.703. The third-order valence-corrected chi connectivity index (χ3v) is 3.10. The van der Waals surface area contributed by atoms with Gasteiger partial charge in [0.05, 0.1) is 10.0 Å². The standard InChI is InChI=1S/C7H3Cl2F3O3S/c8-5-2-1-4(3-6(5)9)15-16(13,14)7(10,11)12/h1-3H. The SMILES string of the molecule is O=S(=O)(Oc1ccc(Cl)c(Cl)c1)C(F)(F)F. The van der Waals surface area contributed by atoms with Gasteiger partial charge in [0.25, 0.3) is 0 Å². The molecule has 1 aromatic carbocycles. The topological polar surface area (TPSA) is 43.4 Å². The zero-order chi connectivity index (χ0) is 12.6. The van der Waals surface area contributed by atoms with Crippen LogP contribution < -0.4 is 4.18 Å². The van der Waals surface area contributed by atoms with E-state index in [-0.39, 0.29) is 10.0 Å². The lowest BCUT2D eigenvalue weighted by molar-refractivity contribution is -0.0500. The van der Waals surface area contributed by atoms with Crippen molar-refractivity contribution in [2.75, 3.05) is 0 Å². The Balaban J connectivity index is 3.03.